The number of guanidine groups is 1. The Balaban J connectivity index is 1.64. The molecule has 2 aliphatic rings. The third-order valence-electron chi connectivity index (χ3n) is 3.88. The van der Waals surface area contributed by atoms with Crippen LogP contribution in [-0.4, -0.2) is 36.8 Å². The van der Waals surface area contributed by atoms with E-state index in [-0.39, 0.29) is 0 Å². The van der Waals surface area contributed by atoms with Crippen LogP contribution >= 0.6 is 0 Å². The second-order valence-corrected chi connectivity index (χ2v) is 5.18. The Morgan fingerprint density at radius 3 is 2.50 bits per heavy atom. The number of nitrogens with zero attached hydrogens (tertiary/aromatic N) is 1. The molecule has 0 saturated heterocycles. The van der Waals surface area contributed by atoms with E-state index in [4.69, 9.17) is 0 Å². The Labute approximate surface area is 97.5 Å². The number of hydrogen-bond acceptors (Lipinski definition) is 2. The molecule has 0 aromatic rings. The average Bonchev–Trinajstić information content (AvgIpc) is 2.17. The summed E-state index contributed by atoms with van der Waals surface area (Å²) in [5.41, 5.74) is -0.478. The minimum atomic E-state index is -0.478. The maximum Gasteiger partial charge on any atom is 0.191 e. The Hall–Kier alpha value is -0.770. The lowest BCUT2D eigenvalue weighted by molar-refractivity contribution is -0.0279. The van der Waals surface area contributed by atoms with E-state index in [9.17, 15) is 5.11 Å². The molecule has 4 nitrogen and oxygen atoms in total. The van der Waals surface area contributed by atoms with Crippen molar-refractivity contribution in [2.24, 2.45) is 10.9 Å². The van der Waals surface area contributed by atoms with Crippen LogP contribution in [0, 0.1) is 5.92 Å². The van der Waals surface area contributed by atoms with Gasteiger partial charge in [0, 0.05) is 20.1 Å². The maximum atomic E-state index is 9.94. The fraction of sp³-hybridized carbons (Fsp3) is 0.917. The quantitative estimate of drug-likeness (QED) is 0.491. The van der Waals surface area contributed by atoms with E-state index in [0.29, 0.717) is 6.54 Å². The highest BCUT2D eigenvalue weighted by Gasteiger charge is 2.34. The molecule has 2 rings (SSSR count). The summed E-state index contributed by atoms with van der Waals surface area (Å²) in [7, 11) is 1.78. The van der Waals surface area contributed by atoms with Crippen LogP contribution in [0.3, 0.4) is 0 Å². The molecule has 0 aromatic carbocycles. The highest BCUT2D eigenvalue weighted by atomic mass is 16.3. The lowest BCUT2D eigenvalue weighted by atomic mass is 9.80. The van der Waals surface area contributed by atoms with Crippen LogP contribution < -0.4 is 10.6 Å². The molecule has 0 heterocycles. The fourth-order valence-corrected chi connectivity index (χ4v) is 2.17. The molecule has 0 atom stereocenters. The minimum absolute atomic E-state index is 0.478. The van der Waals surface area contributed by atoms with Gasteiger partial charge in [0.15, 0.2) is 5.96 Å². The molecule has 0 aromatic heterocycles. The molecule has 2 fully saturated rings. The van der Waals surface area contributed by atoms with Crippen molar-refractivity contribution in [1.29, 1.82) is 0 Å². The normalized spacial score (nSPS) is 24.5. The number of nitrogens with one attached hydrogen (secondary N) is 2. The Bertz CT molecular complexity index is 257. The molecule has 0 aliphatic heterocycles. The van der Waals surface area contributed by atoms with Gasteiger partial charge in [0.25, 0.3) is 0 Å². The molecule has 3 N–H and O–H groups in total. The van der Waals surface area contributed by atoms with Gasteiger partial charge in [-0.3, -0.25) is 4.99 Å². The van der Waals surface area contributed by atoms with Gasteiger partial charge < -0.3 is 15.7 Å². The largest absolute Gasteiger partial charge is 0.388 e. The predicted molar refractivity (Wildman–Crippen MR) is 65.5 cm³/mol. The summed E-state index contributed by atoms with van der Waals surface area (Å²) in [4.78, 5) is 4.16. The van der Waals surface area contributed by atoms with Crippen molar-refractivity contribution in [3.05, 3.63) is 0 Å². The van der Waals surface area contributed by atoms with E-state index in [0.717, 1.165) is 37.7 Å². The van der Waals surface area contributed by atoms with Crippen molar-refractivity contribution in [2.75, 3.05) is 20.1 Å². The summed E-state index contributed by atoms with van der Waals surface area (Å²) < 4.78 is 0. The zero-order valence-electron chi connectivity index (χ0n) is 10.1. The van der Waals surface area contributed by atoms with E-state index >= 15 is 0 Å². The first kappa shape index (κ1) is 11.7. The number of aliphatic imine (C=N–C) groups is 1. The molecule has 4 heteroatoms. The third kappa shape index (κ3) is 2.88. The third-order valence-corrected chi connectivity index (χ3v) is 3.88. The summed E-state index contributed by atoms with van der Waals surface area (Å²) in [6.07, 6.45) is 7.03. The van der Waals surface area contributed by atoms with E-state index in [1.165, 1.54) is 19.3 Å². The van der Waals surface area contributed by atoms with Gasteiger partial charge >= 0.3 is 0 Å². The van der Waals surface area contributed by atoms with Gasteiger partial charge in [-0.2, -0.15) is 0 Å². The molecule has 92 valence electrons. The molecule has 2 saturated carbocycles. The monoisotopic (exact) mass is 225 g/mol. The summed E-state index contributed by atoms with van der Waals surface area (Å²) in [5.74, 6) is 1.65. The lowest BCUT2D eigenvalue weighted by Crippen LogP contribution is -2.51. The molecular weight excluding hydrogens is 202 g/mol. The van der Waals surface area contributed by atoms with Crippen LogP contribution in [0.25, 0.3) is 0 Å². The van der Waals surface area contributed by atoms with Gasteiger partial charge in [-0.1, -0.05) is 6.42 Å². The zero-order chi connectivity index (χ0) is 11.4. The van der Waals surface area contributed by atoms with Crippen molar-refractivity contribution < 1.29 is 5.11 Å². The van der Waals surface area contributed by atoms with Crippen molar-refractivity contribution >= 4 is 5.96 Å². The van der Waals surface area contributed by atoms with Gasteiger partial charge in [0.2, 0.25) is 0 Å². The van der Waals surface area contributed by atoms with Crippen LogP contribution in [0.2, 0.25) is 0 Å². The second kappa shape index (κ2) is 5.04. The minimum Gasteiger partial charge on any atom is -0.388 e. The molecule has 0 radical (unpaired) electrons. The van der Waals surface area contributed by atoms with Crippen LogP contribution in [0.1, 0.15) is 38.5 Å². The summed E-state index contributed by atoms with van der Waals surface area (Å²) in [6, 6.07) is 0. The van der Waals surface area contributed by atoms with Crippen LogP contribution in [0.15, 0.2) is 4.99 Å². The molecular formula is C12H23N3O. The highest BCUT2D eigenvalue weighted by Crippen LogP contribution is 2.30. The molecule has 0 bridgehead atoms. The molecule has 2 aliphatic carbocycles. The highest BCUT2D eigenvalue weighted by molar-refractivity contribution is 5.79. The molecule has 0 unspecified atom stereocenters. The smallest absolute Gasteiger partial charge is 0.191 e. The van der Waals surface area contributed by atoms with Gasteiger partial charge in [-0.15, -0.1) is 0 Å². The zero-order valence-corrected chi connectivity index (χ0v) is 10.1. The van der Waals surface area contributed by atoms with Gasteiger partial charge in [0.1, 0.15) is 0 Å². The first-order valence-electron chi connectivity index (χ1n) is 6.39. The van der Waals surface area contributed by atoms with Crippen molar-refractivity contribution in [3.63, 3.8) is 0 Å². The van der Waals surface area contributed by atoms with E-state index < -0.39 is 5.60 Å². The maximum absolute atomic E-state index is 9.94. The second-order valence-electron chi connectivity index (χ2n) is 5.18. The number of aliphatic hydroxyl groups is 1. The molecule has 16 heavy (non-hydrogen) atoms. The van der Waals surface area contributed by atoms with Crippen LogP contribution in [0.4, 0.5) is 0 Å². The molecule has 0 amide bonds. The van der Waals surface area contributed by atoms with Crippen LogP contribution in [-0.2, 0) is 0 Å². The van der Waals surface area contributed by atoms with Crippen LogP contribution in [0.5, 0.6) is 0 Å². The SMILES string of the molecule is CN=C(NCC1CCC1)NCC1(O)CCC1. The Morgan fingerprint density at radius 2 is 2.06 bits per heavy atom. The topological polar surface area (TPSA) is 56.7 Å². The van der Waals surface area contributed by atoms with Crippen molar-refractivity contribution in [2.45, 2.75) is 44.1 Å². The first-order valence-corrected chi connectivity index (χ1v) is 6.39. The predicted octanol–water partition coefficient (Wildman–Crippen LogP) is 0.866. The summed E-state index contributed by atoms with van der Waals surface area (Å²) in [6.45, 7) is 1.63. The van der Waals surface area contributed by atoms with E-state index in [1.807, 2.05) is 0 Å². The number of hydrogen-bond donors (Lipinski definition) is 3. The first-order chi connectivity index (χ1) is 7.72. The summed E-state index contributed by atoms with van der Waals surface area (Å²) in [5, 5.41) is 16.5. The van der Waals surface area contributed by atoms with Gasteiger partial charge in [-0.05, 0) is 38.0 Å². The standard InChI is InChI=1S/C12H23N3O/c1-13-11(14-8-10-4-2-5-10)15-9-12(16)6-3-7-12/h10,16H,2-9H2,1H3,(H2,13,14,15). The Kier molecular flexibility index (Phi) is 3.69. The van der Waals surface area contributed by atoms with Crippen molar-refractivity contribution in [1.82, 2.24) is 10.6 Å². The summed E-state index contributed by atoms with van der Waals surface area (Å²) >= 11 is 0. The number of rotatable bonds is 4. The van der Waals surface area contributed by atoms with E-state index in [1.54, 1.807) is 7.05 Å². The molecule has 0 spiro atoms. The Morgan fingerprint density at radius 1 is 1.31 bits per heavy atom. The fourth-order valence-electron chi connectivity index (χ4n) is 2.17. The van der Waals surface area contributed by atoms with E-state index in [2.05, 4.69) is 15.6 Å². The van der Waals surface area contributed by atoms with Gasteiger partial charge in [-0.25, -0.2) is 0 Å². The van der Waals surface area contributed by atoms with Gasteiger partial charge in [0.05, 0.1) is 5.60 Å². The van der Waals surface area contributed by atoms with Crippen molar-refractivity contribution in [3.8, 4) is 0 Å². The lowest BCUT2D eigenvalue weighted by Gasteiger charge is -2.37. The average molecular weight is 225 g/mol.